The van der Waals surface area contributed by atoms with Crippen molar-refractivity contribution in [2.24, 2.45) is 5.92 Å². The van der Waals surface area contributed by atoms with Crippen LogP contribution < -0.4 is 0 Å². The zero-order valence-corrected chi connectivity index (χ0v) is 15.8. The second-order valence-electron chi connectivity index (χ2n) is 7.25. The SMILES string of the molecule is CCCCC[C@H](CN(O)C=O)C(=O)N1CCC[C@H]1c1nc2ccccc2[nH]1. The van der Waals surface area contributed by atoms with Crippen LogP contribution in [0, 0.1) is 5.92 Å². The molecule has 7 nitrogen and oxygen atoms in total. The van der Waals surface area contributed by atoms with Gasteiger partial charge in [0.25, 0.3) is 0 Å². The molecule has 0 bridgehead atoms. The molecule has 0 spiro atoms. The largest absolute Gasteiger partial charge is 0.340 e. The molecule has 0 saturated carbocycles. The van der Waals surface area contributed by atoms with Crippen LogP contribution in [0.5, 0.6) is 0 Å². The highest BCUT2D eigenvalue weighted by Crippen LogP contribution is 2.33. The molecule has 1 aliphatic rings. The summed E-state index contributed by atoms with van der Waals surface area (Å²) in [7, 11) is 0. The third kappa shape index (κ3) is 4.47. The van der Waals surface area contributed by atoms with Crippen molar-refractivity contribution in [1.29, 1.82) is 0 Å². The van der Waals surface area contributed by atoms with Gasteiger partial charge < -0.3 is 9.88 Å². The van der Waals surface area contributed by atoms with E-state index in [9.17, 15) is 14.8 Å². The maximum absolute atomic E-state index is 13.2. The fourth-order valence-corrected chi connectivity index (χ4v) is 3.88. The molecule has 1 aromatic carbocycles. The summed E-state index contributed by atoms with van der Waals surface area (Å²) < 4.78 is 0. The van der Waals surface area contributed by atoms with Crippen LogP contribution in [0.2, 0.25) is 0 Å². The quantitative estimate of drug-likeness (QED) is 0.306. The van der Waals surface area contributed by atoms with Crippen molar-refractivity contribution in [3.8, 4) is 0 Å². The molecule has 2 N–H and O–H groups in total. The smallest absolute Gasteiger partial charge is 0.233 e. The number of benzene rings is 1. The van der Waals surface area contributed by atoms with E-state index in [0.717, 1.165) is 49.0 Å². The highest BCUT2D eigenvalue weighted by molar-refractivity contribution is 5.80. The number of carbonyl (C=O) groups excluding carboxylic acids is 2. The van der Waals surface area contributed by atoms with Crippen molar-refractivity contribution in [2.75, 3.05) is 13.1 Å². The first-order valence-corrected chi connectivity index (χ1v) is 9.80. The zero-order valence-electron chi connectivity index (χ0n) is 15.8. The number of hydroxylamine groups is 2. The summed E-state index contributed by atoms with van der Waals surface area (Å²) in [4.78, 5) is 33.9. The van der Waals surface area contributed by atoms with Gasteiger partial charge in [0.2, 0.25) is 12.3 Å². The van der Waals surface area contributed by atoms with Crippen LogP contribution in [0.4, 0.5) is 0 Å². The van der Waals surface area contributed by atoms with Gasteiger partial charge in [-0.15, -0.1) is 0 Å². The number of fused-ring (bicyclic) bond motifs is 1. The second kappa shape index (κ2) is 8.99. The number of hydrogen-bond acceptors (Lipinski definition) is 4. The van der Waals surface area contributed by atoms with Crippen LogP contribution in [-0.4, -0.2) is 50.5 Å². The zero-order chi connectivity index (χ0) is 19.2. The van der Waals surface area contributed by atoms with Crippen LogP contribution in [0.25, 0.3) is 11.0 Å². The van der Waals surface area contributed by atoms with Crippen LogP contribution in [0.15, 0.2) is 24.3 Å². The van der Waals surface area contributed by atoms with Crippen molar-refractivity contribution in [3.05, 3.63) is 30.1 Å². The van der Waals surface area contributed by atoms with E-state index in [2.05, 4.69) is 16.9 Å². The van der Waals surface area contributed by atoms with Crippen LogP contribution in [0.1, 0.15) is 57.3 Å². The average molecular weight is 372 g/mol. The Bertz CT molecular complexity index is 742. The monoisotopic (exact) mass is 372 g/mol. The molecule has 0 radical (unpaired) electrons. The Morgan fingerprint density at radius 1 is 1.44 bits per heavy atom. The van der Waals surface area contributed by atoms with Gasteiger partial charge in [0, 0.05) is 6.54 Å². The van der Waals surface area contributed by atoms with Gasteiger partial charge in [-0.2, -0.15) is 0 Å². The minimum Gasteiger partial charge on any atom is -0.340 e. The summed E-state index contributed by atoms with van der Waals surface area (Å²) in [5.41, 5.74) is 1.86. The highest BCUT2D eigenvalue weighted by Gasteiger charge is 2.35. The molecule has 27 heavy (non-hydrogen) atoms. The number of aromatic nitrogens is 2. The van der Waals surface area contributed by atoms with Gasteiger partial charge in [-0.05, 0) is 31.4 Å². The maximum Gasteiger partial charge on any atom is 0.233 e. The number of aromatic amines is 1. The molecule has 7 heteroatoms. The second-order valence-corrected chi connectivity index (χ2v) is 7.25. The van der Waals surface area contributed by atoms with Crippen molar-refractivity contribution < 1.29 is 14.8 Å². The van der Waals surface area contributed by atoms with Crippen molar-refractivity contribution >= 4 is 23.4 Å². The van der Waals surface area contributed by atoms with Gasteiger partial charge in [0.05, 0.1) is 29.5 Å². The van der Waals surface area contributed by atoms with E-state index < -0.39 is 5.92 Å². The van der Waals surface area contributed by atoms with Gasteiger partial charge in [-0.3, -0.25) is 14.8 Å². The molecular weight excluding hydrogens is 344 g/mol. The lowest BCUT2D eigenvalue weighted by Gasteiger charge is -2.29. The third-order valence-electron chi connectivity index (χ3n) is 5.29. The highest BCUT2D eigenvalue weighted by atomic mass is 16.5. The van der Waals surface area contributed by atoms with E-state index in [1.165, 1.54) is 0 Å². The molecule has 1 aromatic heterocycles. The van der Waals surface area contributed by atoms with Crippen molar-refractivity contribution in [2.45, 2.75) is 51.5 Å². The topological polar surface area (TPSA) is 89.5 Å². The number of amides is 2. The Kier molecular flexibility index (Phi) is 6.45. The van der Waals surface area contributed by atoms with Crippen molar-refractivity contribution in [1.82, 2.24) is 19.9 Å². The molecule has 2 amide bonds. The van der Waals surface area contributed by atoms with Gasteiger partial charge in [0.15, 0.2) is 0 Å². The van der Waals surface area contributed by atoms with Crippen LogP contribution in [0.3, 0.4) is 0 Å². The minimum atomic E-state index is -0.392. The normalized spacial score (nSPS) is 18.0. The number of H-pyrrole nitrogens is 1. The standard InChI is InChI=1S/C20H28N4O3/c1-2-3-4-8-15(13-23(27)14-25)20(26)24-12-7-11-18(24)19-21-16-9-5-6-10-17(16)22-19/h5-6,9-10,14-15,18,27H,2-4,7-8,11-13H2,1H3,(H,21,22)/t15-,18+/m1/s1. The first kappa shape index (κ1) is 19.4. The lowest BCUT2D eigenvalue weighted by Crippen LogP contribution is -2.40. The predicted molar refractivity (Wildman–Crippen MR) is 102 cm³/mol. The number of likely N-dealkylation sites (tertiary alicyclic amines) is 1. The Morgan fingerprint density at radius 2 is 2.26 bits per heavy atom. The van der Waals surface area contributed by atoms with Crippen molar-refractivity contribution in [3.63, 3.8) is 0 Å². The molecule has 146 valence electrons. The molecule has 1 saturated heterocycles. The van der Waals surface area contributed by atoms with E-state index in [1.807, 2.05) is 29.2 Å². The Hall–Kier alpha value is -2.41. The number of nitrogens with one attached hydrogen (secondary N) is 1. The molecule has 0 unspecified atom stereocenters. The number of carbonyl (C=O) groups is 2. The lowest BCUT2D eigenvalue weighted by molar-refractivity contribution is -0.157. The fourth-order valence-electron chi connectivity index (χ4n) is 3.88. The average Bonchev–Trinajstić information content (AvgIpc) is 3.32. The molecular formula is C20H28N4O3. The lowest BCUT2D eigenvalue weighted by atomic mass is 9.99. The molecule has 1 aliphatic heterocycles. The predicted octanol–water partition coefficient (Wildman–Crippen LogP) is 3.27. The summed E-state index contributed by atoms with van der Waals surface area (Å²) in [6.07, 6.45) is 5.81. The van der Waals surface area contributed by atoms with E-state index >= 15 is 0 Å². The number of hydrogen-bond donors (Lipinski definition) is 2. The van der Waals surface area contributed by atoms with E-state index in [-0.39, 0.29) is 18.5 Å². The summed E-state index contributed by atoms with van der Waals surface area (Å²) in [5.74, 6) is 0.414. The number of para-hydroxylation sites is 2. The molecule has 0 aliphatic carbocycles. The maximum atomic E-state index is 13.2. The van der Waals surface area contributed by atoms with Crippen LogP contribution >= 0.6 is 0 Å². The van der Waals surface area contributed by atoms with Gasteiger partial charge in [0.1, 0.15) is 5.82 Å². The van der Waals surface area contributed by atoms with E-state index in [4.69, 9.17) is 0 Å². The molecule has 3 rings (SSSR count). The molecule has 1 fully saturated rings. The Labute approximate surface area is 159 Å². The summed E-state index contributed by atoms with van der Waals surface area (Å²) in [6.45, 7) is 2.82. The van der Waals surface area contributed by atoms with Crippen LogP contribution in [-0.2, 0) is 9.59 Å². The number of imidazole rings is 1. The first-order valence-electron chi connectivity index (χ1n) is 9.80. The van der Waals surface area contributed by atoms with Gasteiger partial charge >= 0.3 is 0 Å². The number of rotatable bonds is 9. The third-order valence-corrected chi connectivity index (χ3v) is 5.29. The van der Waals surface area contributed by atoms with Gasteiger partial charge in [-0.1, -0.05) is 38.3 Å². The Balaban J connectivity index is 1.77. The summed E-state index contributed by atoms with van der Waals surface area (Å²) in [5, 5.41) is 10.2. The first-order chi connectivity index (χ1) is 13.1. The molecule has 2 aromatic rings. The number of nitrogens with zero attached hydrogens (tertiary/aromatic N) is 3. The van der Waals surface area contributed by atoms with E-state index in [0.29, 0.717) is 24.4 Å². The fraction of sp³-hybridized carbons (Fsp3) is 0.550. The number of unbranched alkanes of at least 4 members (excludes halogenated alkanes) is 2. The van der Waals surface area contributed by atoms with Gasteiger partial charge in [-0.25, -0.2) is 10.0 Å². The molecule has 2 atom stereocenters. The minimum absolute atomic E-state index is 0.00467. The summed E-state index contributed by atoms with van der Waals surface area (Å²) in [6, 6.07) is 7.76. The van der Waals surface area contributed by atoms with E-state index in [1.54, 1.807) is 0 Å². The molecule has 2 heterocycles. The summed E-state index contributed by atoms with van der Waals surface area (Å²) >= 11 is 0. The Morgan fingerprint density at radius 3 is 3.00 bits per heavy atom.